The van der Waals surface area contributed by atoms with E-state index in [0.29, 0.717) is 18.1 Å². The van der Waals surface area contributed by atoms with Gasteiger partial charge in [-0.1, -0.05) is 0 Å². The van der Waals surface area contributed by atoms with E-state index in [1.807, 2.05) is 24.3 Å². The van der Waals surface area contributed by atoms with Gasteiger partial charge in [0.2, 0.25) is 0 Å². The quantitative estimate of drug-likeness (QED) is 0.455. The zero-order chi connectivity index (χ0) is 24.0. The number of hydrogen-bond acceptors (Lipinski definition) is 8. The van der Waals surface area contributed by atoms with E-state index in [9.17, 15) is 4.39 Å². The maximum atomic E-state index is 13.3. The van der Waals surface area contributed by atoms with Gasteiger partial charge in [0.05, 0.1) is 32.4 Å². The smallest absolute Gasteiger partial charge is 0.162 e. The number of hydrogen-bond donors (Lipinski definition) is 0. The van der Waals surface area contributed by atoms with E-state index >= 15 is 0 Å². The molecule has 186 valence electrons. The van der Waals surface area contributed by atoms with Crippen molar-refractivity contribution in [1.29, 1.82) is 0 Å². The Bertz CT molecular complexity index is 1120. The summed E-state index contributed by atoms with van der Waals surface area (Å²) in [4.78, 5) is 16.1. The summed E-state index contributed by atoms with van der Waals surface area (Å²) < 4.78 is 30.5. The molecule has 9 heteroatoms. The molecule has 0 atom stereocenters. The Morgan fingerprint density at radius 2 is 1.66 bits per heavy atom. The van der Waals surface area contributed by atoms with Gasteiger partial charge in [0, 0.05) is 63.0 Å². The van der Waals surface area contributed by atoms with E-state index in [0.717, 1.165) is 87.9 Å². The molecule has 2 aliphatic rings. The van der Waals surface area contributed by atoms with Crippen LogP contribution in [0.5, 0.6) is 11.5 Å². The van der Waals surface area contributed by atoms with Crippen molar-refractivity contribution < 1.29 is 18.6 Å². The second kappa shape index (κ2) is 11.0. The predicted molar refractivity (Wildman–Crippen MR) is 134 cm³/mol. The minimum Gasteiger partial charge on any atom is -0.493 e. The van der Waals surface area contributed by atoms with Crippen molar-refractivity contribution in [3.05, 3.63) is 48.5 Å². The largest absolute Gasteiger partial charge is 0.493 e. The number of benzene rings is 2. The van der Waals surface area contributed by atoms with Crippen molar-refractivity contribution in [2.45, 2.75) is 6.42 Å². The van der Waals surface area contributed by atoms with Crippen LogP contribution in [0.1, 0.15) is 6.42 Å². The Balaban J connectivity index is 1.27. The molecule has 2 aliphatic heterocycles. The van der Waals surface area contributed by atoms with Crippen LogP contribution in [-0.4, -0.2) is 87.6 Å². The van der Waals surface area contributed by atoms with Crippen LogP contribution in [0.15, 0.2) is 42.7 Å². The number of rotatable bonds is 8. The lowest BCUT2D eigenvalue weighted by Crippen LogP contribution is -2.46. The van der Waals surface area contributed by atoms with Gasteiger partial charge < -0.3 is 24.0 Å². The first-order chi connectivity index (χ1) is 17.2. The number of anilines is 2. The molecular formula is C26H32FN5O3. The van der Waals surface area contributed by atoms with Gasteiger partial charge in [0.1, 0.15) is 18.0 Å². The van der Waals surface area contributed by atoms with Gasteiger partial charge in [-0.15, -0.1) is 0 Å². The topological polar surface area (TPSA) is 63.2 Å². The molecule has 2 saturated heterocycles. The van der Waals surface area contributed by atoms with Gasteiger partial charge >= 0.3 is 0 Å². The fourth-order valence-electron chi connectivity index (χ4n) is 4.70. The molecule has 5 rings (SSSR count). The summed E-state index contributed by atoms with van der Waals surface area (Å²) in [7, 11) is 1.65. The van der Waals surface area contributed by atoms with Crippen molar-refractivity contribution in [2.24, 2.45) is 0 Å². The Hall–Kier alpha value is -3.17. The number of methoxy groups -OCH3 is 1. The van der Waals surface area contributed by atoms with E-state index in [4.69, 9.17) is 14.2 Å². The molecule has 1 aromatic heterocycles. The summed E-state index contributed by atoms with van der Waals surface area (Å²) in [5.41, 5.74) is 1.87. The highest BCUT2D eigenvalue weighted by atomic mass is 19.1. The molecule has 0 radical (unpaired) electrons. The molecule has 0 spiro atoms. The fraction of sp³-hybridized carbons (Fsp3) is 0.462. The van der Waals surface area contributed by atoms with Crippen LogP contribution < -0.4 is 19.3 Å². The monoisotopic (exact) mass is 481 g/mol. The Morgan fingerprint density at radius 1 is 0.914 bits per heavy atom. The summed E-state index contributed by atoms with van der Waals surface area (Å²) in [5.74, 6) is 2.07. The number of nitrogens with zero attached hydrogens (tertiary/aromatic N) is 5. The third-order valence-electron chi connectivity index (χ3n) is 6.65. The molecule has 2 aromatic carbocycles. The highest BCUT2D eigenvalue weighted by Crippen LogP contribution is 2.35. The number of piperazine rings is 1. The van der Waals surface area contributed by atoms with Crippen LogP contribution in [-0.2, 0) is 4.74 Å². The zero-order valence-electron chi connectivity index (χ0n) is 20.2. The van der Waals surface area contributed by atoms with Crippen molar-refractivity contribution in [3.8, 4) is 11.5 Å². The Morgan fingerprint density at radius 3 is 2.40 bits per heavy atom. The zero-order valence-corrected chi connectivity index (χ0v) is 20.2. The Kier molecular flexibility index (Phi) is 7.44. The maximum absolute atomic E-state index is 13.3. The Labute approximate surface area is 205 Å². The van der Waals surface area contributed by atoms with Crippen LogP contribution >= 0.6 is 0 Å². The van der Waals surface area contributed by atoms with Crippen LogP contribution in [0.2, 0.25) is 0 Å². The summed E-state index contributed by atoms with van der Waals surface area (Å²) in [6.07, 6.45) is 2.54. The number of fused-ring (bicyclic) bond motifs is 1. The first kappa shape index (κ1) is 23.6. The highest BCUT2D eigenvalue weighted by Gasteiger charge is 2.21. The summed E-state index contributed by atoms with van der Waals surface area (Å²) >= 11 is 0. The van der Waals surface area contributed by atoms with Crippen molar-refractivity contribution in [1.82, 2.24) is 14.9 Å². The van der Waals surface area contributed by atoms with Crippen LogP contribution in [0.4, 0.5) is 15.9 Å². The van der Waals surface area contributed by atoms with Gasteiger partial charge in [0.25, 0.3) is 0 Å². The van der Waals surface area contributed by atoms with E-state index in [-0.39, 0.29) is 5.82 Å². The predicted octanol–water partition coefficient (Wildman–Crippen LogP) is 3.21. The van der Waals surface area contributed by atoms with E-state index in [1.165, 1.54) is 12.1 Å². The normalized spacial score (nSPS) is 17.1. The summed E-state index contributed by atoms with van der Waals surface area (Å²) in [5, 5.41) is 0.951. The van der Waals surface area contributed by atoms with Gasteiger partial charge in [-0.05, 0) is 36.8 Å². The number of ether oxygens (including phenoxy) is 3. The van der Waals surface area contributed by atoms with E-state index in [2.05, 4.69) is 24.7 Å². The van der Waals surface area contributed by atoms with Crippen LogP contribution in [0.3, 0.4) is 0 Å². The fourth-order valence-corrected chi connectivity index (χ4v) is 4.70. The van der Waals surface area contributed by atoms with Gasteiger partial charge in [-0.3, -0.25) is 4.90 Å². The third kappa shape index (κ3) is 5.57. The molecule has 3 aromatic rings. The highest BCUT2D eigenvalue weighted by molar-refractivity contribution is 5.92. The minimum absolute atomic E-state index is 0.214. The average molecular weight is 482 g/mol. The molecule has 0 saturated carbocycles. The molecule has 2 fully saturated rings. The molecular weight excluding hydrogens is 449 g/mol. The number of halogens is 1. The summed E-state index contributed by atoms with van der Waals surface area (Å²) in [6.45, 7) is 8.46. The number of aromatic nitrogens is 2. The molecule has 3 heterocycles. The molecule has 8 nitrogen and oxygen atoms in total. The first-order valence-electron chi connectivity index (χ1n) is 12.2. The minimum atomic E-state index is -0.214. The third-order valence-corrected chi connectivity index (χ3v) is 6.65. The molecule has 0 unspecified atom stereocenters. The van der Waals surface area contributed by atoms with Gasteiger partial charge in [-0.2, -0.15) is 0 Å². The van der Waals surface area contributed by atoms with Gasteiger partial charge in [0.15, 0.2) is 11.5 Å². The molecule has 0 aliphatic carbocycles. The van der Waals surface area contributed by atoms with Crippen LogP contribution in [0, 0.1) is 5.82 Å². The summed E-state index contributed by atoms with van der Waals surface area (Å²) in [6, 6.07) is 10.6. The lowest BCUT2D eigenvalue weighted by molar-refractivity contribution is 0.0357. The van der Waals surface area contributed by atoms with Crippen molar-refractivity contribution in [2.75, 3.05) is 82.5 Å². The molecule has 0 amide bonds. The van der Waals surface area contributed by atoms with Crippen LogP contribution in [0.25, 0.3) is 10.9 Å². The van der Waals surface area contributed by atoms with E-state index < -0.39 is 0 Å². The molecule has 0 N–H and O–H groups in total. The first-order valence-corrected chi connectivity index (χ1v) is 12.2. The molecule has 35 heavy (non-hydrogen) atoms. The van der Waals surface area contributed by atoms with Crippen molar-refractivity contribution >= 4 is 22.4 Å². The van der Waals surface area contributed by atoms with Crippen molar-refractivity contribution in [3.63, 3.8) is 0 Å². The van der Waals surface area contributed by atoms with Gasteiger partial charge in [-0.25, -0.2) is 14.4 Å². The SMILES string of the molecule is COc1cc2ncnc(N3CCN(c4ccc(F)cc4)CC3)c2cc1OCCCN1CCOCC1. The standard InChI is InChI=1S/C26H32FN5O3/c1-33-24-18-23-22(17-25(24)35-14-2-7-30-12-15-34-16-13-30)26(29-19-28-23)32-10-8-31(9-11-32)21-5-3-20(27)4-6-21/h3-6,17-19H,2,7-16H2,1H3. The second-order valence-corrected chi connectivity index (χ2v) is 8.82. The maximum Gasteiger partial charge on any atom is 0.162 e. The number of morpholine rings is 1. The molecule has 0 bridgehead atoms. The second-order valence-electron chi connectivity index (χ2n) is 8.82. The van der Waals surface area contributed by atoms with E-state index in [1.54, 1.807) is 13.4 Å². The average Bonchev–Trinajstić information content (AvgIpc) is 2.91. The lowest BCUT2D eigenvalue weighted by Gasteiger charge is -2.37. The lowest BCUT2D eigenvalue weighted by atomic mass is 10.1.